The molecular formula is C16H22N2O3. The quantitative estimate of drug-likeness (QED) is 0.897. The first-order valence-corrected chi connectivity index (χ1v) is 7.62. The Morgan fingerprint density at radius 2 is 1.95 bits per heavy atom. The highest BCUT2D eigenvalue weighted by molar-refractivity contribution is 5.98. The van der Waals surface area contributed by atoms with Gasteiger partial charge in [0.1, 0.15) is 6.54 Å². The molecule has 0 bridgehead atoms. The summed E-state index contributed by atoms with van der Waals surface area (Å²) < 4.78 is 1.45. The maximum atomic E-state index is 12.1. The molecule has 1 heterocycles. The number of hydrogen-bond acceptors (Lipinski definition) is 3. The number of amides is 1. The Balaban J connectivity index is 2.24. The molecule has 1 aliphatic rings. The van der Waals surface area contributed by atoms with E-state index in [0.717, 1.165) is 19.3 Å². The molecule has 0 fully saturated rings. The zero-order valence-electron chi connectivity index (χ0n) is 12.6. The third-order valence-corrected chi connectivity index (χ3v) is 4.07. The van der Waals surface area contributed by atoms with Crippen LogP contribution in [0.4, 0.5) is 0 Å². The van der Waals surface area contributed by atoms with Gasteiger partial charge in [0.2, 0.25) is 5.91 Å². The zero-order valence-corrected chi connectivity index (χ0v) is 12.6. The van der Waals surface area contributed by atoms with Crippen molar-refractivity contribution in [1.29, 1.82) is 0 Å². The van der Waals surface area contributed by atoms with Gasteiger partial charge in [-0.05, 0) is 31.7 Å². The molecule has 0 saturated carbocycles. The van der Waals surface area contributed by atoms with Crippen molar-refractivity contribution >= 4 is 11.7 Å². The van der Waals surface area contributed by atoms with Crippen LogP contribution in [0, 0.1) is 0 Å². The van der Waals surface area contributed by atoms with Crippen molar-refractivity contribution in [3.05, 3.63) is 33.7 Å². The summed E-state index contributed by atoms with van der Waals surface area (Å²) in [4.78, 5) is 36.0. The van der Waals surface area contributed by atoms with Crippen LogP contribution in [-0.4, -0.2) is 22.3 Å². The van der Waals surface area contributed by atoms with Crippen LogP contribution in [0.5, 0.6) is 0 Å². The highest BCUT2D eigenvalue weighted by Gasteiger charge is 2.21. The summed E-state index contributed by atoms with van der Waals surface area (Å²) in [6.07, 6.45) is 3.66. The Labute approximate surface area is 124 Å². The van der Waals surface area contributed by atoms with Crippen molar-refractivity contribution in [2.24, 2.45) is 0 Å². The van der Waals surface area contributed by atoms with Crippen molar-refractivity contribution < 1.29 is 9.59 Å². The molecule has 5 nitrogen and oxygen atoms in total. The van der Waals surface area contributed by atoms with Gasteiger partial charge >= 0.3 is 0 Å². The van der Waals surface area contributed by atoms with Gasteiger partial charge in [0, 0.05) is 29.8 Å². The average molecular weight is 290 g/mol. The molecule has 1 N–H and O–H groups in total. The van der Waals surface area contributed by atoms with Gasteiger partial charge in [-0.1, -0.05) is 13.8 Å². The molecule has 0 aliphatic heterocycles. The van der Waals surface area contributed by atoms with Crippen molar-refractivity contribution in [2.45, 2.75) is 58.5 Å². The molecule has 0 radical (unpaired) electrons. The van der Waals surface area contributed by atoms with E-state index in [1.54, 1.807) is 6.07 Å². The number of aromatic nitrogens is 1. The zero-order chi connectivity index (χ0) is 15.4. The first-order chi connectivity index (χ1) is 10.1. The van der Waals surface area contributed by atoms with Crippen molar-refractivity contribution in [1.82, 2.24) is 9.88 Å². The fourth-order valence-electron chi connectivity index (χ4n) is 2.78. The van der Waals surface area contributed by atoms with Crippen LogP contribution >= 0.6 is 0 Å². The molecule has 1 aromatic rings. The molecule has 2 rings (SSSR count). The lowest BCUT2D eigenvalue weighted by Crippen LogP contribution is -2.39. The standard InChI is InChI=1S/C16H22N2O3/c1-3-11(4-2)17-15(20)10-18-13-6-5-7-14(19)12(13)8-9-16(18)21/h8-9,11H,3-7,10H2,1-2H3,(H,17,20). The molecule has 0 aromatic carbocycles. The van der Waals surface area contributed by atoms with E-state index in [1.807, 2.05) is 13.8 Å². The maximum absolute atomic E-state index is 12.1. The molecule has 21 heavy (non-hydrogen) atoms. The fourth-order valence-corrected chi connectivity index (χ4v) is 2.78. The van der Waals surface area contributed by atoms with Gasteiger partial charge in [-0.3, -0.25) is 14.4 Å². The number of nitrogens with zero attached hydrogens (tertiary/aromatic N) is 1. The average Bonchev–Trinajstić information content (AvgIpc) is 2.48. The van der Waals surface area contributed by atoms with Crippen LogP contribution in [0.15, 0.2) is 16.9 Å². The Hall–Kier alpha value is -1.91. The van der Waals surface area contributed by atoms with Gasteiger partial charge in [0.15, 0.2) is 5.78 Å². The first-order valence-electron chi connectivity index (χ1n) is 7.62. The smallest absolute Gasteiger partial charge is 0.251 e. The number of hydrogen-bond donors (Lipinski definition) is 1. The minimum Gasteiger partial charge on any atom is -0.352 e. The lowest BCUT2D eigenvalue weighted by molar-refractivity contribution is -0.122. The fraction of sp³-hybridized carbons (Fsp3) is 0.562. The van der Waals surface area contributed by atoms with E-state index in [4.69, 9.17) is 0 Å². The molecule has 1 aromatic heterocycles. The lowest BCUT2D eigenvalue weighted by atomic mass is 9.94. The summed E-state index contributed by atoms with van der Waals surface area (Å²) in [6, 6.07) is 3.11. The summed E-state index contributed by atoms with van der Waals surface area (Å²) >= 11 is 0. The van der Waals surface area contributed by atoms with Crippen molar-refractivity contribution in [3.63, 3.8) is 0 Å². The molecule has 0 atom stereocenters. The second-order valence-electron chi connectivity index (χ2n) is 5.48. The summed E-state index contributed by atoms with van der Waals surface area (Å²) in [5.74, 6) is -0.109. The second kappa shape index (κ2) is 6.70. The Morgan fingerprint density at radius 3 is 2.62 bits per heavy atom. The number of nitrogens with one attached hydrogen (secondary N) is 1. The third kappa shape index (κ3) is 3.40. The second-order valence-corrected chi connectivity index (χ2v) is 5.48. The molecule has 0 saturated heterocycles. The first kappa shape index (κ1) is 15.5. The van der Waals surface area contributed by atoms with E-state index in [9.17, 15) is 14.4 Å². The molecule has 1 amide bonds. The van der Waals surface area contributed by atoms with Gasteiger partial charge in [0.05, 0.1) is 0 Å². The summed E-state index contributed by atoms with van der Waals surface area (Å²) in [5, 5.41) is 2.93. The van der Waals surface area contributed by atoms with Gasteiger partial charge in [-0.15, -0.1) is 0 Å². The minimum absolute atomic E-state index is 0.00815. The Bertz CT molecular complexity index is 600. The van der Waals surface area contributed by atoms with Gasteiger partial charge in [-0.25, -0.2) is 0 Å². The number of carbonyl (C=O) groups is 2. The Morgan fingerprint density at radius 1 is 1.24 bits per heavy atom. The Kier molecular flexibility index (Phi) is 4.94. The van der Waals surface area contributed by atoms with Crippen molar-refractivity contribution in [3.8, 4) is 0 Å². The number of Topliss-reactive ketones (excluding diaryl/α,β-unsaturated/α-hetero) is 1. The maximum Gasteiger partial charge on any atom is 0.251 e. The highest BCUT2D eigenvalue weighted by atomic mass is 16.2. The number of rotatable bonds is 5. The van der Waals surface area contributed by atoms with Gasteiger partial charge < -0.3 is 9.88 Å². The van der Waals surface area contributed by atoms with E-state index in [2.05, 4.69) is 5.32 Å². The van der Waals surface area contributed by atoms with Crippen LogP contribution in [0.2, 0.25) is 0 Å². The number of pyridine rings is 1. The molecule has 0 unspecified atom stereocenters. The lowest BCUT2D eigenvalue weighted by Gasteiger charge is -2.21. The van der Waals surface area contributed by atoms with E-state index in [1.165, 1.54) is 10.6 Å². The topological polar surface area (TPSA) is 68.2 Å². The highest BCUT2D eigenvalue weighted by Crippen LogP contribution is 2.19. The van der Waals surface area contributed by atoms with E-state index < -0.39 is 0 Å². The van der Waals surface area contributed by atoms with Crippen molar-refractivity contribution in [2.75, 3.05) is 0 Å². The van der Waals surface area contributed by atoms with Gasteiger partial charge in [0.25, 0.3) is 5.56 Å². The summed E-state index contributed by atoms with van der Waals surface area (Å²) in [6.45, 7) is 4.03. The molecule has 1 aliphatic carbocycles. The summed E-state index contributed by atoms with van der Waals surface area (Å²) in [5.41, 5.74) is 1.08. The molecule has 5 heteroatoms. The van der Waals surface area contributed by atoms with Crippen LogP contribution in [0.3, 0.4) is 0 Å². The van der Waals surface area contributed by atoms with E-state index in [-0.39, 0.29) is 29.8 Å². The molecular weight excluding hydrogens is 268 g/mol. The SMILES string of the molecule is CCC(CC)NC(=O)Cn1c2c(ccc1=O)C(=O)CCC2. The van der Waals surface area contributed by atoms with Crippen LogP contribution < -0.4 is 10.9 Å². The monoisotopic (exact) mass is 290 g/mol. The number of ketones is 1. The summed E-state index contributed by atoms with van der Waals surface area (Å²) in [7, 11) is 0. The minimum atomic E-state index is -0.219. The van der Waals surface area contributed by atoms with Gasteiger partial charge in [-0.2, -0.15) is 0 Å². The normalized spacial score (nSPS) is 14.1. The number of carbonyl (C=O) groups excluding carboxylic acids is 2. The van der Waals surface area contributed by atoms with E-state index in [0.29, 0.717) is 24.1 Å². The number of fused-ring (bicyclic) bond motifs is 1. The van der Waals surface area contributed by atoms with Crippen LogP contribution in [0.25, 0.3) is 0 Å². The van der Waals surface area contributed by atoms with Crippen LogP contribution in [0.1, 0.15) is 55.6 Å². The predicted molar refractivity (Wildman–Crippen MR) is 80.5 cm³/mol. The largest absolute Gasteiger partial charge is 0.352 e. The predicted octanol–water partition coefficient (Wildman–Crippen LogP) is 1.67. The molecule has 0 spiro atoms. The van der Waals surface area contributed by atoms with Crippen LogP contribution in [-0.2, 0) is 17.8 Å². The van der Waals surface area contributed by atoms with E-state index >= 15 is 0 Å². The molecule has 114 valence electrons. The third-order valence-electron chi connectivity index (χ3n) is 4.07.